The predicted octanol–water partition coefficient (Wildman–Crippen LogP) is 4.86. The van der Waals surface area contributed by atoms with Gasteiger partial charge in [-0.15, -0.1) is 0 Å². The van der Waals surface area contributed by atoms with Crippen LogP contribution in [-0.2, 0) is 0 Å². The first-order chi connectivity index (χ1) is 12.3. The highest BCUT2D eigenvalue weighted by atomic mass is 19.1. The zero-order chi connectivity index (χ0) is 17.1. The Morgan fingerprint density at radius 2 is 1.80 bits per heavy atom. The van der Waals surface area contributed by atoms with Crippen LogP contribution in [0.25, 0.3) is 11.1 Å². The minimum absolute atomic E-state index is 0.291. The molecule has 25 heavy (non-hydrogen) atoms. The average Bonchev–Trinajstić information content (AvgIpc) is 3.03. The molecule has 0 unspecified atom stereocenters. The minimum Gasteiger partial charge on any atom is -0.423 e. The number of oxazole rings is 1. The topological polar surface area (TPSA) is 50.1 Å². The van der Waals surface area contributed by atoms with Gasteiger partial charge in [-0.2, -0.15) is 4.98 Å². The van der Waals surface area contributed by atoms with E-state index in [0.717, 1.165) is 24.8 Å². The SMILES string of the molecule is Fc1ccc2nc(NC3CCC(CNC4CCCCC4)CC3)oc2c1. The summed E-state index contributed by atoms with van der Waals surface area (Å²) in [6.45, 7) is 1.17. The third-order valence-electron chi connectivity index (χ3n) is 5.83. The van der Waals surface area contributed by atoms with E-state index in [4.69, 9.17) is 4.42 Å². The van der Waals surface area contributed by atoms with Crippen LogP contribution in [0.2, 0.25) is 0 Å². The summed E-state index contributed by atoms with van der Waals surface area (Å²) in [6, 6.07) is 6.14. The van der Waals surface area contributed by atoms with E-state index in [1.54, 1.807) is 6.07 Å². The van der Waals surface area contributed by atoms with Crippen molar-refractivity contribution < 1.29 is 8.81 Å². The van der Waals surface area contributed by atoms with E-state index in [2.05, 4.69) is 15.6 Å². The summed E-state index contributed by atoms with van der Waals surface area (Å²) in [7, 11) is 0. The van der Waals surface area contributed by atoms with Crippen LogP contribution in [-0.4, -0.2) is 23.6 Å². The molecule has 0 bridgehead atoms. The number of hydrogen-bond acceptors (Lipinski definition) is 4. The van der Waals surface area contributed by atoms with Gasteiger partial charge in [-0.05, 0) is 63.1 Å². The first-order valence-corrected chi connectivity index (χ1v) is 9.82. The number of anilines is 1. The smallest absolute Gasteiger partial charge is 0.295 e. The lowest BCUT2D eigenvalue weighted by molar-refractivity contribution is 0.289. The number of nitrogens with zero attached hydrogens (tertiary/aromatic N) is 1. The Morgan fingerprint density at radius 1 is 1.00 bits per heavy atom. The molecule has 2 aliphatic carbocycles. The molecule has 1 heterocycles. The molecule has 2 N–H and O–H groups in total. The van der Waals surface area contributed by atoms with E-state index in [0.29, 0.717) is 23.2 Å². The highest BCUT2D eigenvalue weighted by Crippen LogP contribution is 2.28. The Kier molecular flexibility index (Phi) is 5.20. The van der Waals surface area contributed by atoms with Crippen molar-refractivity contribution in [3.63, 3.8) is 0 Å². The van der Waals surface area contributed by atoms with Crippen molar-refractivity contribution in [1.82, 2.24) is 10.3 Å². The number of hydrogen-bond donors (Lipinski definition) is 2. The molecule has 4 rings (SSSR count). The van der Waals surface area contributed by atoms with E-state index < -0.39 is 0 Å². The van der Waals surface area contributed by atoms with E-state index in [-0.39, 0.29) is 5.82 Å². The molecule has 5 heteroatoms. The zero-order valence-corrected chi connectivity index (χ0v) is 14.8. The molecule has 2 fully saturated rings. The van der Waals surface area contributed by atoms with Gasteiger partial charge in [0.05, 0.1) is 0 Å². The van der Waals surface area contributed by atoms with E-state index >= 15 is 0 Å². The van der Waals surface area contributed by atoms with Gasteiger partial charge in [0, 0.05) is 18.2 Å². The number of aromatic nitrogens is 1. The molecule has 0 amide bonds. The monoisotopic (exact) mass is 345 g/mol. The molecular weight excluding hydrogens is 317 g/mol. The second-order valence-electron chi connectivity index (χ2n) is 7.74. The molecule has 0 spiro atoms. The fourth-order valence-electron chi connectivity index (χ4n) is 4.29. The van der Waals surface area contributed by atoms with Gasteiger partial charge in [0.1, 0.15) is 11.3 Å². The first kappa shape index (κ1) is 16.8. The van der Waals surface area contributed by atoms with Crippen LogP contribution in [0.1, 0.15) is 57.8 Å². The maximum atomic E-state index is 13.2. The van der Waals surface area contributed by atoms with Crippen molar-refractivity contribution >= 4 is 17.1 Å². The first-order valence-electron chi connectivity index (χ1n) is 9.82. The summed E-state index contributed by atoms with van der Waals surface area (Å²) in [5.74, 6) is 0.499. The molecule has 0 saturated heterocycles. The Labute approximate surface area is 148 Å². The molecular formula is C20H28FN3O. The van der Waals surface area contributed by atoms with Gasteiger partial charge in [0.2, 0.25) is 0 Å². The van der Waals surface area contributed by atoms with Gasteiger partial charge >= 0.3 is 0 Å². The van der Waals surface area contributed by atoms with Crippen LogP contribution in [0.5, 0.6) is 0 Å². The van der Waals surface area contributed by atoms with Gasteiger partial charge in [-0.25, -0.2) is 4.39 Å². The number of nitrogens with one attached hydrogen (secondary N) is 2. The highest BCUT2D eigenvalue weighted by Gasteiger charge is 2.23. The van der Waals surface area contributed by atoms with E-state index in [1.165, 1.54) is 63.6 Å². The number of halogens is 1. The number of fused-ring (bicyclic) bond motifs is 1. The van der Waals surface area contributed by atoms with Crippen LogP contribution in [0.3, 0.4) is 0 Å². The van der Waals surface area contributed by atoms with Crippen molar-refractivity contribution in [2.75, 3.05) is 11.9 Å². The maximum absolute atomic E-state index is 13.2. The van der Waals surface area contributed by atoms with Crippen LogP contribution in [0.4, 0.5) is 10.4 Å². The van der Waals surface area contributed by atoms with E-state index in [9.17, 15) is 4.39 Å². The quantitative estimate of drug-likeness (QED) is 0.812. The van der Waals surface area contributed by atoms with Crippen LogP contribution < -0.4 is 10.6 Å². The third-order valence-corrected chi connectivity index (χ3v) is 5.83. The van der Waals surface area contributed by atoms with Crippen molar-refractivity contribution in [3.05, 3.63) is 24.0 Å². The Bertz CT molecular complexity index is 687. The normalized spacial score (nSPS) is 25.3. The number of rotatable bonds is 5. The molecule has 2 saturated carbocycles. The second kappa shape index (κ2) is 7.73. The molecule has 1 aromatic carbocycles. The molecule has 136 valence electrons. The van der Waals surface area contributed by atoms with Gasteiger partial charge < -0.3 is 15.1 Å². The van der Waals surface area contributed by atoms with Gasteiger partial charge in [0.25, 0.3) is 6.01 Å². The van der Waals surface area contributed by atoms with Gasteiger partial charge in [-0.3, -0.25) is 0 Å². The Hall–Kier alpha value is -1.62. The fraction of sp³-hybridized carbons (Fsp3) is 0.650. The lowest BCUT2D eigenvalue weighted by Gasteiger charge is -2.31. The largest absolute Gasteiger partial charge is 0.423 e. The molecule has 0 radical (unpaired) electrons. The predicted molar refractivity (Wildman–Crippen MR) is 98.2 cm³/mol. The maximum Gasteiger partial charge on any atom is 0.295 e. The van der Waals surface area contributed by atoms with Crippen LogP contribution in [0.15, 0.2) is 22.6 Å². The summed E-state index contributed by atoms with van der Waals surface area (Å²) in [6.07, 6.45) is 11.7. The Morgan fingerprint density at radius 3 is 2.60 bits per heavy atom. The summed E-state index contributed by atoms with van der Waals surface area (Å²) in [4.78, 5) is 4.41. The lowest BCUT2D eigenvalue weighted by atomic mass is 9.85. The molecule has 2 aliphatic rings. The van der Waals surface area contributed by atoms with Crippen molar-refractivity contribution in [2.45, 2.75) is 69.9 Å². The second-order valence-corrected chi connectivity index (χ2v) is 7.74. The highest BCUT2D eigenvalue weighted by molar-refractivity contribution is 5.74. The average molecular weight is 345 g/mol. The molecule has 0 atom stereocenters. The summed E-state index contributed by atoms with van der Waals surface area (Å²) < 4.78 is 18.9. The summed E-state index contributed by atoms with van der Waals surface area (Å²) in [5, 5.41) is 7.19. The molecule has 4 nitrogen and oxygen atoms in total. The lowest BCUT2D eigenvalue weighted by Crippen LogP contribution is -2.37. The zero-order valence-electron chi connectivity index (χ0n) is 14.8. The Balaban J connectivity index is 1.24. The standard InChI is InChI=1S/C20H28FN3O/c21-15-8-11-18-19(12-15)25-20(24-18)23-17-9-6-14(7-10-17)13-22-16-4-2-1-3-5-16/h8,11-12,14,16-17,22H,1-7,9-10,13H2,(H,23,24). The van der Waals surface area contributed by atoms with Crippen molar-refractivity contribution in [3.8, 4) is 0 Å². The molecule has 0 aliphatic heterocycles. The molecule has 1 aromatic heterocycles. The van der Waals surface area contributed by atoms with Crippen LogP contribution >= 0.6 is 0 Å². The van der Waals surface area contributed by atoms with Gasteiger partial charge in [-0.1, -0.05) is 19.3 Å². The molecule has 2 aromatic rings. The summed E-state index contributed by atoms with van der Waals surface area (Å²) in [5.41, 5.74) is 1.21. The third kappa shape index (κ3) is 4.32. The van der Waals surface area contributed by atoms with Crippen molar-refractivity contribution in [2.24, 2.45) is 5.92 Å². The minimum atomic E-state index is -0.291. The number of benzene rings is 1. The van der Waals surface area contributed by atoms with Crippen LogP contribution in [0, 0.1) is 11.7 Å². The van der Waals surface area contributed by atoms with E-state index in [1.807, 2.05) is 0 Å². The van der Waals surface area contributed by atoms with Gasteiger partial charge in [0.15, 0.2) is 5.58 Å². The fourth-order valence-corrected chi connectivity index (χ4v) is 4.29. The summed E-state index contributed by atoms with van der Waals surface area (Å²) >= 11 is 0. The van der Waals surface area contributed by atoms with Crippen molar-refractivity contribution in [1.29, 1.82) is 0 Å².